The summed E-state index contributed by atoms with van der Waals surface area (Å²) in [5.74, 6) is -3.41. The number of carbonyl (C=O) groups is 5. The molecule has 0 unspecified atom stereocenters. The zero-order chi connectivity index (χ0) is 34.1. The van der Waals surface area contributed by atoms with E-state index < -0.39 is 29.9 Å². The van der Waals surface area contributed by atoms with E-state index >= 15 is 0 Å². The normalized spacial score (nSPS) is 17.8. The maximum Gasteiger partial charge on any atom is 0.317 e. The Morgan fingerprint density at radius 2 is 1.28 bits per heavy atom. The molecule has 1 fully saturated rings. The number of nitrogens with two attached hydrogens (primary N) is 1. The van der Waals surface area contributed by atoms with Crippen LogP contribution < -0.4 is 11.1 Å². The number of nitrogens with one attached hydrogen (secondary N) is 2. The van der Waals surface area contributed by atoms with E-state index in [9.17, 15) is 44.4 Å². The van der Waals surface area contributed by atoms with Gasteiger partial charge in [0.25, 0.3) is 0 Å². The van der Waals surface area contributed by atoms with Crippen LogP contribution in [0.3, 0.4) is 0 Å². The summed E-state index contributed by atoms with van der Waals surface area (Å²) in [6, 6.07) is 6.59. The van der Waals surface area contributed by atoms with Crippen molar-refractivity contribution in [1.29, 1.82) is 5.41 Å². The van der Waals surface area contributed by atoms with Gasteiger partial charge in [-0.3, -0.25) is 49.0 Å². The summed E-state index contributed by atoms with van der Waals surface area (Å²) in [7, 11) is 0. The van der Waals surface area contributed by atoms with Gasteiger partial charge in [-0.05, 0) is 36.3 Å². The molecule has 0 aliphatic carbocycles. The second-order valence-electron chi connectivity index (χ2n) is 11.1. The van der Waals surface area contributed by atoms with Gasteiger partial charge in [0.2, 0.25) is 5.91 Å². The second-order valence-corrected chi connectivity index (χ2v) is 12.2. The Morgan fingerprint density at radius 3 is 1.80 bits per heavy atom. The summed E-state index contributed by atoms with van der Waals surface area (Å²) in [4.78, 5) is 65.7. The molecule has 2 rings (SSSR count). The van der Waals surface area contributed by atoms with E-state index in [4.69, 9.17) is 11.1 Å². The lowest BCUT2D eigenvalue weighted by Gasteiger charge is -2.37. The average Bonchev–Trinajstić information content (AvgIpc) is 2.94. The Labute approximate surface area is 272 Å². The van der Waals surface area contributed by atoms with E-state index in [-0.39, 0.29) is 89.5 Å². The lowest BCUT2D eigenvalue weighted by Crippen LogP contribution is -2.53. The van der Waals surface area contributed by atoms with Crippen LogP contribution >= 0.6 is 11.8 Å². The highest BCUT2D eigenvalue weighted by atomic mass is 32.2. The van der Waals surface area contributed by atoms with E-state index in [1.165, 1.54) is 11.8 Å². The number of amidine groups is 1. The standard InChI is InChI=1S/C29H45N7O9S/c30-24(31)2-1-13-46-20-25(37)32-22-5-3-21(4-6-22)14-23-15-35(18-28(42)43)10-9-33(16-26(38)39)7-8-34(17-27(40)41)11-12-36(23)19-29(44)45/h3-6,23H,1-2,7-20H2,(H3,30,31)(H,32,37)(H,38,39)(H,40,41)(H,42,43)(H,44,45)/t23-/m1/s1. The lowest BCUT2D eigenvalue weighted by molar-refractivity contribution is -0.142. The van der Waals surface area contributed by atoms with E-state index in [1.54, 1.807) is 43.9 Å². The number of anilines is 1. The topological polar surface area (TPSA) is 241 Å². The van der Waals surface area contributed by atoms with E-state index in [0.29, 0.717) is 30.7 Å². The van der Waals surface area contributed by atoms with Crippen molar-refractivity contribution in [2.45, 2.75) is 25.3 Å². The largest absolute Gasteiger partial charge is 0.480 e. The van der Waals surface area contributed by atoms with Crippen molar-refractivity contribution in [2.24, 2.45) is 5.73 Å². The van der Waals surface area contributed by atoms with Gasteiger partial charge in [0.15, 0.2) is 0 Å². The van der Waals surface area contributed by atoms with Gasteiger partial charge < -0.3 is 31.5 Å². The molecule has 1 amide bonds. The highest BCUT2D eigenvalue weighted by Gasteiger charge is 2.27. The first-order valence-electron chi connectivity index (χ1n) is 14.9. The van der Waals surface area contributed by atoms with Gasteiger partial charge in [-0.2, -0.15) is 11.8 Å². The minimum absolute atomic E-state index is 0.116. The van der Waals surface area contributed by atoms with Gasteiger partial charge in [0.05, 0.1) is 37.8 Å². The summed E-state index contributed by atoms with van der Waals surface area (Å²) < 4.78 is 0. The van der Waals surface area contributed by atoms with Crippen LogP contribution in [0.15, 0.2) is 24.3 Å². The third-order valence-corrected chi connectivity index (χ3v) is 8.29. The number of carbonyl (C=O) groups excluding carboxylic acids is 1. The summed E-state index contributed by atoms with van der Waals surface area (Å²) in [6.45, 7) is 0.160. The number of thioether (sulfide) groups is 1. The fourth-order valence-electron chi connectivity index (χ4n) is 5.08. The Kier molecular flexibility index (Phi) is 17.0. The number of amides is 1. The smallest absolute Gasteiger partial charge is 0.317 e. The van der Waals surface area contributed by atoms with Gasteiger partial charge in [0, 0.05) is 64.0 Å². The number of carboxylic acid groups (broad SMARTS) is 4. The first-order chi connectivity index (χ1) is 21.8. The van der Waals surface area contributed by atoms with Crippen LogP contribution in [0.2, 0.25) is 0 Å². The quantitative estimate of drug-likeness (QED) is 0.0632. The van der Waals surface area contributed by atoms with Gasteiger partial charge in [0.1, 0.15) is 0 Å². The maximum absolute atomic E-state index is 12.3. The van der Waals surface area contributed by atoms with Crippen LogP contribution in [0.5, 0.6) is 0 Å². The van der Waals surface area contributed by atoms with Crippen molar-refractivity contribution in [3.8, 4) is 0 Å². The van der Waals surface area contributed by atoms with Crippen LogP contribution in [0.1, 0.15) is 18.4 Å². The molecule has 8 N–H and O–H groups in total. The van der Waals surface area contributed by atoms with Crippen molar-refractivity contribution in [3.63, 3.8) is 0 Å². The SMILES string of the molecule is N=C(N)CCCSCC(=O)Nc1ccc(C[C@@H]2CN(CC(=O)O)CCN(CC(=O)O)CCN(CC(=O)O)CCN2CC(=O)O)cc1. The molecule has 17 heteroatoms. The Bertz CT molecular complexity index is 1190. The van der Waals surface area contributed by atoms with Crippen molar-refractivity contribution in [2.75, 3.05) is 88.8 Å². The second kappa shape index (κ2) is 20.4. The average molecular weight is 668 g/mol. The molecule has 1 aliphatic heterocycles. The molecule has 1 saturated heterocycles. The number of benzene rings is 1. The van der Waals surface area contributed by atoms with Crippen molar-refractivity contribution < 1.29 is 44.4 Å². The fourth-order valence-corrected chi connectivity index (χ4v) is 5.83. The molecule has 1 aromatic carbocycles. The molecule has 0 aromatic heterocycles. The number of hydrogen-bond acceptors (Lipinski definition) is 11. The Balaban J connectivity index is 2.25. The Hall–Kier alpha value is -3.77. The van der Waals surface area contributed by atoms with Gasteiger partial charge in [-0.1, -0.05) is 12.1 Å². The highest BCUT2D eigenvalue weighted by Crippen LogP contribution is 2.16. The van der Waals surface area contributed by atoms with Crippen molar-refractivity contribution in [1.82, 2.24) is 19.6 Å². The summed E-state index contributed by atoms with van der Waals surface area (Å²) in [5, 5.41) is 48.3. The molecule has 46 heavy (non-hydrogen) atoms. The maximum atomic E-state index is 12.3. The van der Waals surface area contributed by atoms with E-state index in [0.717, 1.165) is 5.56 Å². The van der Waals surface area contributed by atoms with Crippen molar-refractivity contribution in [3.05, 3.63) is 29.8 Å². The predicted molar refractivity (Wildman–Crippen MR) is 172 cm³/mol. The van der Waals surface area contributed by atoms with Gasteiger partial charge in [-0.25, -0.2) is 0 Å². The minimum Gasteiger partial charge on any atom is -0.480 e. The lowest BCUT2D eigenvalue weighted by atomic mass is 10.0. The molecule has 0 bridgehead atoms. The van der Waals surface area contributed by atoms with E-state index in [2.05, 4.69) is 5.32 Å². The third kappa shape index (κ3) is 16.5. The van der Waals surface area contributed by atoms with Crippen LogP contribution in [-0.2, 0) is 30.4 Å². The molecule has 16 nitrogen and oxygen atoms in total. The minimum atomic E-state index is -1.09. The number of carboxylic acids is 4. The van der Waals surface area contributed by atoms with Gasteiger partial charge >= 0.3 is 23.9 Å². The summed E-state index contributed by atoms with van der Waals surface area (Å²) in [6.07, 6.45) is 1.53. The molecular weight excluding hydrogens is 622 g/mol. The zero-order valence-corrected chi connectivity index (χ0v) is 26.6. The first-order valence-corrected chi connectivity index (χ1v) is 16.0. The van der Waals surface area contributed by atoms with Crippen LogP contribution in [0, 0.1) is 5.41 Å². The first kappa shape index (κ1) is 38.4. The monoisotopic (exact) mass is 667 g/mol. The molecule has 256 valence electrons. The molecule has 0 spiro atoms. The molecule has 0 saturated carbocycles. The molecular formula is C29H45N7O9S. The van der Waals surface area contributed by atoms with Crippen LogP contribution in [-0.4, -0.2) is 165 Å². The van der Waals surface area contributed by atoms with Crippen LogP contribution in [0.4, 0.5) is 5.69 Å². The predicted octanol–water partition coefficient (Wildman–Crippen LogP) is -0.454. The number of hydrogen-bond donors (Lipinski definition) is 7. The molecule has 1 heterocycles. The van der Waals surface area contributed by atoms with E-state index in [1.807, 2.05) is 0 Å². The highest BCUT2D eigenvalue weighted by molar-refractivity contribution is 7.99. The molecule has 0 radical (unpaired) electrons. The molecule has 1 aliphatic rings. The number of nitrogens with zero attached hydrogens (tertiary/aromatic N) is 4. The third-order valence-electron chi connectivity index (χ3n) is 7.25. The van der Waals surface area contributed by atoms with Gasteiger partial charge in [-0.15, -0.1) is 0 Å². The van der Waals surface area contributed by atoms with Crippen LogP contribution in [0.25, 0.3) is 0 Å². The Morgan fingerprint density at radius 1 is 0.783 bits per heavy atom. The summed E-state index contributed by atoms with van der Waals surface area (Å²) in [5.41, 5.74) is 6.73. The molecule has 1 atom stereocenters. The number of rotatable bonds is 17. The summed E-state index contributed by atoms with van der Waals surface area (Å²) >= 11 is 1.44. The fraction of sp³-hybridized carbons (Fsp3) is 0.586. The zero-order valence-electron chi connectivity index (χ0n) is 25.8. The van der Waals surface area contributed by atoms with Crippen molar-refractivity contribution >= 4 is 53.1 Å². The molecule has 1 aromatic rings. The number of aliphatic carboxylic acids is 4.